The molecule has 0 bridgehead atoms. The average molecular weight is 256 g/mol. The van der Waals surface area contributed by atoms with Crippen LogP contribution in [0.15, 0.2) is 0 Å². The fourth-order valence-electron chi connectivity index (χ4n) is 2.35. The maximum absolute atomic E-state index is 11.6. The molecule has 0 aromatic rings. The lowest BCUT2D eigenvalue weighted by molar-refractivity contribution is -0.123. The number of aliphatic hydroxyl groups is 1. The Hall–Kier alpha value is -0.610. The number of hydrogen-bond donors (Lipinski definition) is 3. The van der Waals surface area contributed by atoms with Crippen LogP contribution in [0.1, 0.15) is 52.4 Å². The van der Waals surface area contributed by atoms with Gasteiger partial charge in [0.1, 0.15) is 0 Å². The topological polar surface area (TPSA) is 61.4 Å². The lowest BCUT2D eigenvalue weighted by Crippen LogP contribution is -2.46. The van der Waals surface area contributed by atoms with Crippen molar-refractivity contribution in [1.29, 1.82) is 0 Å². The summed E-state index contributed by atoms with van der Waals surface area (Å²) in [5.41, 5.74) is -0.350. The number of nitrogens with one attached hydrogen (secondary N) is 2. The predicted octanol–water partition coefficient (Wildman–Crippen LogP) is 1.43. The molecule has 4 heteroatoms. The van der Waals surface area contributed by atoms with Gasteiger partial charge in [0, 0.05) is 13.0 Å². The van der Waals surface area contributed by atoms with Gasteiger partial charge in [-0.15, -0.1) is 0 Å². The van der Waals surface area contributed by atoms with Gasteiger partial charge in [0.05, 0.1) is 5.60 Å². The van der Waals surface area contributed by atoms with Crippen LogP contribution in [0.4, 0.5) is 0 Å². The molecule has 0 saturated heterocycles. The smallest absolute Gasteiger partial charge is 0.220 e. The van der Waals surface area contributed by atoms with Gasteiger partial charge in [-0.25, -0.2) is 0 Å². The van der Waals surface area contributed by atoms with Crippen LogP contribution >= 0.6 is 0 Å². The van der Waals surface area contributed by atoms with Crippen molar-refractivity contribution in [2.75, 3.05) is 20.1 Å². The first kappa shape index (κ1) is 15.4. The van der Waals surface area contributed by atoms with E-state index in [1.807, 2.05) is 7.05 Å². The second-order valence-corrected chi connectivity index (χ2v) is 6.37. The van der Waals surface area contributed by atoms with Gasteiger partial charge in [0.25, 0.3) is 0 Å². The number of carbonyl (C=O) groups is 1. The summed E-state index contributed by atoms with van der Waals surface area (Å²) in [5.74, 6) is 0.0449. The Morgan fingerprint density at radius 1 is 1.22 bits per heavy atom. The zero-order valence-corrected chi connectivity index (χ0v) is 12.0. The zero-order valence-electron chi connectivity index (χ0n) is 12.0. The van der Waals surface area contributed by atoms with E-state index in [9.17, 15) is 9.90 Å². The van der Waals surface area contributed by atoms with Crippen LogP contribution in [0.25, 0.3) is 0 Å². The van der Waals surface area contributed by atoms with Gasteiger partial charge < -0.3 is 15.7 Å². The molecule has 0 heterocycles. The van der Waals surface area contributed by atoms with Gasteiger partial charge in [0.2, 0.25) is 5.91 Å². The van der Waals surface area contributed by atoms with Gasteiger partial charge in [-0.1, -0.05) is 13.8 Å². The number of hydrogen-bond acceptors (Lipinski definition) is 3. The first-order valence-electron chi connectivity index (χ1n) is 7.01. The number of amides is 1. The molecule has 106 valence electrons. The summed E-state index contributed by atoms with van der Waals surface area (Å²) in [6.45, 7) is 5.74. The van der Waals surface area contributed by atoms with Crippen LogP contribution < -0.4 is 10.6 Å². The van der Waals surface area contributed by atoms with E-state index in [-0.39, 0.29) is 5.91 Å². The monoisotopic (exact) mass is 256 g/mol. The van der Waals surface area contributed by atoms with E-state index in [1.54, 1.807) is 0 Å². The van der Waals surface area contributed by atoms with Gasteiger partial charge in [0.15, 0.2) is 0 Å². The molecule has 0 spiro atoms. The summed E-state index contributed by atoms with van der Waals surface area (Å²) in [5, 5.41) is 16.3. The lowest BCUT2D eigenvalue weighted by atomic mass is 9.71. The molecule has 18 heavy (non-hydrogen) atoms. The molecular formula is C14H28N2O2. The summed E-state index contributed by atoms with van der Waals surface area (Å²) >= 11 is 0. The minimum atomic E-state index is -0.686. The van der Waals surface area contributed by atoms with Crippen molar-refractivity contribution in [2.24, 2.45) is 5.41 Å². The van der Waals surface area contributed by atoms with E-state index in [0.717, 1.165) is 38.6 Å². The highest BCUT2D eigenvalue weighted by molar-refractivity contribution is 5.75. The summed E-state index contributed by atoms with van der Waals surface area (Å²) < 4.78 is 0. The third kappa shape index (κ3) is 5.36. The second kappa shape index (κ2) is 6.53. The Kier molecular flexibility index (Phi) is 5.60. The number of carbonyl (C=O) groups excluding carboxylic acids is 1. The van der Waals surface area contributed by atoms with E-state index in [4.69, 9.17) is 0 Å². The summed E-state index contributed by atoms with van der Waals surface area (Å²) in [4.78, 5) is 11.6. The van der Waals surface area contributed by atoms with Gasteiger partial charge in [-0.3, -0.25) is 4.79 Å². The second-order valence-electron chi connectivity index (χ2n) is 6.37. The molecule has 0 radical (unpaired) electrons. The molecule has 3 N–H and O–H groups in total. The number of rotatable bonds is 6. The van der Waals surface area contributed by atoms with Crippen LogP contribution in [-0.2, 0) is 4.79 Å². The molecule has 1 fully saturated rings. The van der Waals surface area contributed by atoms with Crippen molar-refractivity contribution >= 4 is 5.91 Å². The quantitative estimate of drug-likeness (QED) is 0.630. The fraction of sp³-hybridized carbons (Fsp3) is 0.929. The highest BCUT2D eigenvalue weighted by Gasteiger charge is 2.36. The Bertz CT molecular complexity index is 267. The molecule has 1 rings (SSSR count). The molecular weight excluding hydrogens is 228 g/mol. The minimum Gasteiger partial charge on any atom is -0.388 e. The van der Waals surface area contributed by atoms with Gasteiger partial charge >= 0.3 is 0 Å². The van der Waals surface area contributed by atoms with Crippen LogP contribution in [-0.4, -0.2) is 36.8 Å². The molecule has 1 amide bonds. The molecule has 0 atom stereocenters. The van der Waals surface area contributed by atoms with Crippen LogP contribution in [0.3, 0.4) is 0 Å². The summed E-state index contributed by atoms with van der Waals surface area (Å²) in [7, 11) is 1.88. The molecule has 0 aromatic carbocycles. The zero-order chi connectivity index (χ0) is 13.6. The average Bonchev–Trinajstić information content (AvgIpc) is 2.32. The predicted molar refractivity (Wildman–Crippen MR) is 73.4 cm³/mol. The van der Waals surface area contributed by atoms with Crippen LogP contribution in [0.2, 0.25) is 0 Å². The lowest BCUT2D eigenvalue weighted by Gasteiger charge is -2.40. The van der Waals surface area contributed by atoms with E-state index >= 15 is 0 Å². The van der Waals surface area contributed by atoms with Crippen LogP contribution in [0, 0.1) is 5.41 Å². The minimum absolute atomic E-state index is 0.0449. The van der Waals surface area contributed by atoms with Crippen molar-refractivity contribution in [3.63, 3.8) is 0 Å². The highest BCUT2D eigenvalue weighted by Crippen LogP contribution is 2.39. The van der Waals surface area contributed by atoms with Gasteiger partial charge in [-0.2, -0.15) is 0 Å². The van der Waals surface area contributed by atoms with Crippen molar-refractivity contribution < 1.29 is 9.90 Å². The third-order valence-electron chi connectivity index (χ3n) is 3.98. The van der Waals surface area contributed by atoms with E-state index in [2.05, 4.69) is 24.5 Å². The van der Waals surface area contributed by atoms with Crippen molar-refractivity contribution in [3.8, 4) is 0 Å². The Morgan fingerprint density at radius 3 is 2.39 bits per heavy atom. The Labute approximate surface area is 111 Å². The largest absolute Gasteiger partial charge is 0.388 e. The standard InChI is InChI=1S/C14H28N2O2/c1-13(2)6-8-14(18,9-7-13)11-16-12(17)5-4-10-15-3/h15,18H,4-11H2,1-3H3,(H,16,17). The molecule has 1 saturated carbocycles. The van der Waals surface area contributed by atoms with Gasteiger partial charge in [-0.05, 0) is 51.1 Å². The van der Waals surface area contributed by atoms with Crippen LogP contribution in [0.5, 0.6) is 0 Å². The van der Waals surface area contributed by atoms with E-state index < -0.39 is 5.60 Å². The van der Waals surface area contributed by atoms with Crippen molar-refractivity contribution in [2.45, 2.75) is 58.0 Å². The summed E-state index contributed by atoms with van der Waals surface area (Å²) in [6, 6.07) is 0. The third-order valence-corrected chi connectivity index (χ3v) is 3.98. The molecule has 0 unspecified atom stereocenters. The maximum atomic E-state index is 11.6. The first-order chi connectivity index (χ1) is 8.37. The van der Waals surface area contributed by atoms with Crippen molar-refractivity contribution in [3.05, 3.63) is 0 Å². The molecule has 1 aliphatic rings. The van der Waals surface area contributed by atoms with Crippen molar-refractivity contribution in [1.82, 2.24) is 10.6 Å². The maximum Gasteiger partial charge on any atom is 0.220 e. The normalized spacial score (nSPS) is 21.6. The first-order valence-corrected chi connectivity index (χ1v) is 7.01. The summed E-state index contributed by atoms with van der Waals surface area (Å²) in [6.07, 6.45) is 5.00. The molecule has 0 aromatic heterocycles. The van der Waals surface area contributed by atoms with E-state index in [0.29, 0.717) is 18.4 Å². The molecule has 1 aliphatic carbocycles. The Morgan fingerprint density at radius 2 is 1.83 bits per heavy atom. The molecule has 0 aliphatic heterocycles. The highest BCUT2D eigenvalue weighted by atomic mass is 16.3. The van der Waals surface area contributed by atoms with E-state index in [1.165, 1.54) is 0 Å². The Balaban J connectivity index is 2.24. The molecule has 4 nitrogen and oxygen atoms in total. The SMILES string of the molecule is CNCCCC(=O)NCC1(O)CCC(C)(C)CC1. The fourth-order valence-corrected chi connectivity index (χ4v) is 2.35.